The summed E-state index contributed by atoms with van der Waals surface area (Å²) in [7, 11) is 0. The molecule has 0 heterocycles. The summed E-state index contributed by atoms with van der Waals surface area (Å²) >= 11 is 2.96. The second kappa shape index (κ2) is 7.26. The molecule has 24 heavy (non-hydrogen) atoms. The Labute approximate surface area is 142 Å². The van der Waals surface area contributed by atoms with E-state index in [2.05, 4.69) is 15.9 Å². The first-order chi connectivity index (χ1) is 11.3. The van der Waals surface area contributed by atoms with Gasteiger partial charge in [0.2, 0.25) is 5.78 Å². The maximum atomic E-state index is 13.4. The molecule has 0 radical (unpaired) electrons. The molecule has 2 rings (SSSR count). The standard InChI is InChI=1S/C15H8BrF2NO5/c16-11-3-1-8(5-13(11)19(22)23)15(21)24-7-14(20)10-6-9(17)2-4-12(10)18/h1-6H,7H2. The van der Waals surface area contributed by atoms with E-state index in [1.807, 2.05) is 0 Å². The van der Waals surface area contributed by atoms with Gasteiger partial charge in [-0.25, -0.2) is 13.6 Å². The summed E-state index contributed by atoms with van der Waals surface area (Å²) in [6, 6.07) is 5.83. The molecule has 0 bridgehead atoms. The monoisotopic (exact) mass is 399 g/mol. The molecule has 6 nitrogen and oxygen atoms in total. The summed E-state index contributed by atoms with van der Waals surface area (Å²) in [6.07, 6.45) is 0. The molecular weight excluding hydrogens is 392 g/mol. The number of Topliss-reactive ketones (excluding diaryl/α,β-unsaturated/α-hetero) is 1. The molecule has 124 valence electrons. The fraction of sp³-hybridized carbons (Fsp3) is 0.0667. The number of carbonyl (C=O) groups is 2. The molecule has 2 aromatic rings. The lowest BCUT2D eigenvalue weighted by atomic mass is 10.1. The van der Waals surface area contributed by atoms with E-state index in [-0.39, 0.29) is 15.7 Å². The largest absolute Gasteiger partial charge is 0.454 e. The third kappa shape index (κ3) is 3.99. The molecule has 0 amide bonds. The summed E-state index contributed by atoms with van der Waals surface area (Å²) in [6.45, 7) is -0.830. The van der Waals surface area contributed by atoms with E-state index in [4.69, 9.17) is 4.74 Å². The minimum atomic E-state index is -1.00. The van der Waals surface area contributed by atoms with Gasteiger partial charge in [0.05, 0.1) is 20.5 Å². The van der Waals surface area contributed by atoms with Crippen LogP contribution in [-0.4, -0.2) is 23.3 Å². The molecule has 0 spiro atoms. The van der Waals surface area contributed by atoms with Crippen LogP contribution >= 0.6 is 15.9 Å². The Morgan fingerprint density at radius 2 is 1.88 bits per heavy atom. The minimum absolute atomic E-state index is 0.155. The van der Waals surface area contributed by atoms with Crippen molar-refractivity contribution >= 4 is 33.4 Å². The molecule has 0 atom stereocenters. The average molecular weight is 400 g/mol. The summed E-state index contributed by atoms with van der Waals surface area (Å²) in [5.74, 6) is -3.70. The third-order valence-corrected chi connectivity index (χ3v) is 3.61. The number of rotatable bonds is 5. The lowest BCUT2D eigenvalue weighted by Gasteiger charge is -2.06. The number of hydrogen-bond donors (Lipinski definition) is 0. The van der Waals surface area contributed by atoms with Crippen LogP contribution in [-0.2, 0) is 4.74 Å². The van der Waals surface area contributed by atoms with E-state index in [1.54, 1.807) is 0 Å². The van der Waals surface area contributed by atoms with Gasteiger partial charge in [0.1, 0.15) is 11.6 Å². The van der Waals surface area contributed by atoms with Crippen LogP contribution in [0.5, 0.6) is 0 Å². The van der Waals surface area contributed by atoms with Gasteiger partial charge in [-0.2, -0.15) is 0 Å². The van der Waals surface area contributed by atoms with Crippen molar-refractivity contribution in [2.24, 2.45) is 0 Å². The number of nitro benzene ring substituents is 1. The number of hydrogen-bond acceptors (Lipinski definition) is 5. The van der Waals surface area contributed by atoms with Crippen LogP contribution in [0.1, 0.15) is 20.7 Å². The number of halogens is 3. The second-order valence-electron chi connectivity index (χ2n) is 4.55. The normalized spacial score (nSPS) is 10.3. The molecule has 0 aliphatic rings. The van der Waals surface area contributed by atoms with Crippen LogP contribution in [0, 0.1) is 21.7 Å². The highest BCUT2D eigenvalue weighted by Crippen LogP contribution is 2.26. The van der Waals surface area contributed by atoms with E-state index >= 15 is 0 Å². The maximum absolute atomic E-state index is 13.4. The zero-order chi connectivity index (χ0) is 17.9. The predicted octanol–water partition coefficient (Wildman–Crippen LogP) is 3.68. The van der Waals surface area contributed by atoms with Gasteiger partial charge in [0.15, 0.2) is 6.61 Å². The van der Waals surface area contributed by atoms with E-state index in [0.717, 1.165) is 18.2 Å². The smallest absolute Gasteiger partial charge is 0.338 e. The summed E-state index contributed by atoms with van der Waals surface area (Å²) in [4.78, 5) is 33.7. The number of benzene rings is 2. The quantitative estimate of drug-likeness (QED) is 0.331. The first-order valence-corrected chi connectivity index (χ1v) is 7.18. The number of ether oxygens (including phenoxy) is 1. The third-order valence-electron chi connectivity index (χ3n) is 2.94. The molecular formula is C15H8BrF2NO5. The second-order valence-corrected chi connectivity index (χ2v) is 5.40. The van der Waals surface area contributed by atoms with Crippen LogP contribution in [0.15, 0.2) is 40.9 Å². The fourth-order valence-electron chi connectivity index (χ4n) is 1.78. The number of esters is 1. The molecule has 2 aromatic carbocycles. The van der Waals surface area contributed by atoms with E-state index in [9.17, 15) is 28.5 Å². The topological polar surface area (TPSA) is 86.5 Å². The molecule has 0 saturated heterocycles. The van der Waals surface area contributed by atoms with Gasteiger partial charge < -0.3 is 4.74 Å². The Hall–Kier alpha value is -2.68. The molecule has 9 heteroatoms. The summed E-state index contributed by atoms with van der Waals surface area (Å²) in [5.41, 5.74) is -1.06. The van der Waals surface area contributed by atoms with Crippen molar-refractivity contribution in [3.8, 4) is 0 Å². The van der Waals surface area contributed by atoms with Gasteiger partial charge in [0, 0.05) is 6.07 Å². The number of nitrogens with zero attached hydrogens (tertiary/aromatic N) is 1. The van der Waals surface area contributed by atoms with Gasteiger partial charge >= 0.3 is 5.97 Å². The van der Waals surface area contributed by atoms with Crippen molar-refractivity contribution in [2.45, 2.75) is 0 Å². The number of nitro groups is 1. The van der Waals surface area contributed by atoms with Gasteiger partial charge in [-0.1, -0.05) is 0 Å². The highest BCUT2D eigenvalue weighted by Gasteiger charge is 2.19. The zero-order valence-electron chi connectivity index (χ0n) is 11.8. The van der Waals surface area contributed by atoms with Gasteiger partial charge in [-0.15, -0.1) is 0 Å². The van der Waals surface area contributed by atoms with Gasteiger partial charge in [-0.3, -0.25) is 14.9 Å². The predicted molar refractivity (Wildman–Crippen MR) is 81.8 cm³/mol. The van der Waals surface area contributed by atoms with Crippen molar-refractivity contribution in [1.29, 1.82) is 0 Å². The zero-order valence-corrected chi connectivity index (χ0v) is 13.4. The SMILES string of the molecule is O=C(OCC(=O)c1cc(F)ccc1F)c1ccc(Br)c([N+](=O)[O-])c1. The molecule has 0 aliphatic heterocycles. The Bertz CT molecular complexity index is 841. The van der Waals surface area contributed by atoms with Gasteiger partial charge in [0.25, 0.3) is 5.69 Å². The number of carbonyl (C=O) groups excluding carboxylic acids is 2. The fourth-order valence-corrected chi connectivity index (χ4v) is 2.17. The Morgan fingerprint density at radius 3 is 2.54 bits per heavy atom. The Kier molecular flexibility index (Phi) is 5.35. The highest BCUT2D eigenvalue weighted by atomic mass is 79.9. The summed E-state index contributed by atoms with van der Waals surface area (Å²) < 4.78 is 31.3. The summed E-state index contributed by atoms with van der Waals surface area (Å²) in [5, 5.41) is 10.8. The van der Waals surface area contributed by atoms with Crippen LogP contribution in [0.25, 0.3) is 0 Å². The highest BCUT2D eigenvalue weighted by molar-refractivity contribution is 9.10. The van der Waals surface area contributed by atoms with Crippen LogP contribution in [0.4, 0.5) is 14.5 Å². The maximum Gasteiger partial charge on any atom is 0.338 e. The lowest BCUT2D eigenvalue weighted by molar-refractivity contribution is -0.385. The molecule has 0 saturated carbocycles. The first kappa shape index (κ1) is 17.7. The molecule has 0 aliphatic carbocycles. The Balaban J connectivity index is 2.10. The molecule has 0 fully saturated rings. The molecule has 0 aromatic heterocycles. The Morgan fingerprint density at radius 1 is 1.17 bits per heavy atom. The lowest BCUT2D eigenvalue weighted by Crippen LogP contribution is -2.15. The van der Waals surface area contributed by atoms with Crippen molar-refractivity contribution in [1.82, 2.24) is 0 Å². The van der Waals surface area contributed by atoms with E-state index < -0.39 is 40.5 Å². The van der Waals surface area contributed by atoms with Gasteiger partial charge in [-0.05, 0) is 46.3 Å². The van der Waals surface area contributed by atoms with Crippen molar-refractivity contribution in [3.05, 3.63) is 73.7 Å². The van der Waals surface area contributed by atoms with Crippen LogP contribution in [0.2, 0.25) is 0 Å². The molecule has 0 unspecified atom stereocenters. The van der Waals surface area contributed by atoms with Crippen LogP contribution in [0.3, 0.4) is 0 Å². The van der Waals surface area contributed by atoms with Crippen LogP contribution < -0.4 is 0 Å². The average Bonchev–Trinajstić information content (AvgIpc) is 2.54. The first-order valence-electron chi connectivity index (χ1n) is 6.39. The van der Waals surface area contributed by atoms with Crippen molar-refractivity contribution < 1.29 is 28.0 Å². The molecule has 0 N–H and O–H groups in total. The minimum Gasteiger partial charge on any atom is -0.454 e. The number of ketones is 1. The van der Waals surface area contributed by atoms with Crippen molar-refractivity contribution in [3.63, 3.8) is 0 Å². The van der Waals surface area contributed by atoms with E-state index in [1.165, 1.54) is 12.1 Å². The van der Waals surface area contributed by atoms with E-state index in [0.29, 0.717) is 6.07 Å². The van der Waals surface area contributed by atoms with Crippen molar-refractivity contribution in [2.75, 3.05) is 6.61 Å².